The van der Waals surface area contributed by atoms with Gasteiger partial charge in [-0.05, 0) is 19.9 Å². The van der Waals surface area contributed by atoms with E-state index in [2.05, 4.69) is 15.5 Å². The topological polar surface area (TPSA) is 94.1 Å². The van der Waals surface area contributed by atoms with Gasteiger partial charge >= 0.3 is 0 Å². The number of nitrogens with zero attached hydrogens (tertiary/aromatic N) is 3. The maximum atomic E-state index is 10.8. The first-order valence-electron chi connectivity index (χ1n) is 5.85. The van der Waals surface area contributed by atoms with Crippen molar-refractivity contribution in [1.29, 1.82) is 0 Å². The highest BCUT2D eigenvalue weighted by Gasteiger charge is 2.12. The third-order valence-electron chi connectivity index (χ3n) is 2.73. The van der Waals surface area contributed by atoms with Crippen molar-refractivity contribution in [3.05, 3.63) is 45.6 Å². The smallest absolute Gasteiger partial charge is 0.274 e. The van der Waals surface area contributed by atoms with E-state index >= 15 is 0 Å². The summed E-state index contributed by atoms with van der Waals surface area (Å²) in [7, 11) is 0. The molecule has 1 N–H and O–H groups in total. The van der Waals surface area contributed by atoms with Crippen LogP contribution in [0.25, 0.3) is 0 Å². The summed E-state index contributed by atoms with van der Waals surface area (Å²) in [6.45, 7) is 4.05. The molecule has 1 aromatic carbocycles. The van der Waals surface area contributed by atoms with E-state index in [-0.39, 0.29) is 10.6 Å². The van der Waals surface area contributed by atoms with Gasteiger partial charge in [0.1, 0.15) is 0 Å². The Morgan fingerprint density at radius 2 is 2.21 bits per heavy atom. The zero-order valence-electron chi connectivity index (χ0n) is 10.7. The molecule has 0 amide bonds. The van der Waals surface area contributed by atoms with Crippen LogP contribution >= 0.6 is 0 Å². The lowest BCUT2D eigenvalue weighted by molar-refractivity contribution is -0.385. The van der Waals surface area contributed by atoms with Crippen molar-refractivity contribution in [2.75, 3.05) is 11.9 Å². The van der Waals surface area contributed by atoms with Gasteiger partial charge in [-0.2, -0.15) is 4.98 Å². The van der Waals surface area contributed by atoms with Crippen LogP contribution in [0.1, 0.15) is 17.3 Å². The molecule has 0 unspecified atom stereocenters. The van der Waals surface area contributed by atoms with E-state index in [4.69, 9.17) is 4.52 Å². The summed E-state index contributed by atoms with van der Waals surface area (Å²) in [6.07, 6.45) is 0.572. The van der Waals surface area contributed by atoms with E-state index in [1.807, 2.05) is 0 Å². The summed E-state index contributed by atoms with van der Waals surface area (Å²) >= 11 is 0. The van der Waals surface area contributed by atoms with Gasteiger partial charge < -0.3 is 9.84 Å². The molecule has 0 saturated carbocycles. The Hall–Kier alpha value is -2.44. The average Bonchev–Trinajstić information content (AvgIpc) is 2.77. The number of hydrogen-bond acceptors (Lipinski definition) is 6. The van der Waals surface area contributed by atoms with Crippen LogP contribution in [0.3, 0.4) is 0 Å². The highest BCUT2D eigenvalue weighted by molar-refractivity contribution is 5.59. The molecule has 0 fully saturated rings. The minimum Gasteiger partial charge on any atom is -0.384 e. The summed E-state index contributed by atoms with van der Waals surface area (Å²) in [5.74, 6) is 1.15. The highest BCUT2D eigenvalue weighted by atomic mass is 16.6. The number of nitro benzene ring substituents is 1. The van der Waals surface area contributed by atoms with E-state index < -0.39 is 0 Å². The van der Waals surface area contributed by atoms with E-state index in [0.29, 0.717) is 30.2 Å². The second-order valence-electron chi connectivity index (χ2n) is 4.12. The summed E-state index contributed by atoms with van der Waals surface area (Å²) in [4.78, 5) is 14.5. The van der Waals surface area contributed by atoms with Crippen molar-refractivity contribution in [2.45, 2.75) is 20.3 Å². The number of aryl methyl sites for hydroxylation is 1. The van der Waals surface area contributed by atoms with Gasteiger partial charge in [-0.1, -0.05) is 11.2 Å². The lowest BCUT2D eigenvalue weighted by Gasteiger charge is -2.08. The van der Waals surface area contributed by atoms with Gasteiger partial charge in [-0.3, -0.25) is 10.1 Å². The number of hydrogen-bond donors (Lipinski definition) is 1. The predicted octanol–water partition coefficient (Wildman–Crippen LogP) is 2.25. The Morgan fingerprint density at radius 1 is 1.42 bits per heavy atom. The molecule has 2 rings (SSSR count). The first-order chi connectivity index (χ1) is 9.08. The molecular formula is C12H14N4O3. The number of nitro groups is 1. The van der Waals surface area contributed by atoms with Crippen molar-refractivity contribution < 1.29 is 9.45 Å². The fraction of sp³-hybridized carbons (Fsp3) is 0.333. The highest BCUT2D eigenvalue weighted by Crippen LogP contribution is 2.24. The van der Waals surface area contributed by atoms with Crippen LogP contribution in [-0.4, -0.2) is 21.6 Å². The van der Waals surface area contributed by atoms with Crippen LogP contribution in [0.15, 0.2) is 22.7 Å². The molecule has 0 aliphatic carbocycles. The van der Waals surface area contributed by atoms with Gasteiger partial charge in [0.2, 0.25) is 5.89 Å². The van der Waals surface area contributed by atoms with Crippen LogP contribution in [-0.2, 0) is 6.42 Å². The molecule has 19 heavy (non-hydrogen) atoms. The monoisotopic (exact) mass is 262 g/mol. The van der Waals surface area contributed by atoms with Gasteiger partial charge in [-0.15, -0.1) is 0 Å². The van der Waals surface area contributed by atoms with Crippen LogP contribution in [0.5, 0.6) is 0 Å². The molecule has 0 aliphatic rings. The molecular weight excluding hydrogens is 248 g/mol. The standard InChI is InChI=1S/C12H14N4O3/c1-8-10(4-3-5-11(8)16(17)18)13-7-6-12-14-9(2)15-19-12/h3-5,13H,6-7H2,1-2H3. The molecule has 0 atom stereocenters. The van der Waals surface area contributed by atoms with Gasteiger partial charge in [-0.25, -0.2) is 0 Å². The molecule has 0 aliphatic heterocycles. The van der Waals surface area contributed by atoms with E-state index in [1.54, 1.807) is 26.0 Å². The molecule has 1 heterocycles. The fourth-order valence-corrected chi connectivity index (χ4v) is 1.76. The van der Waals surface area contributed by atoms with Crippen molar-refractivity contribution in [1.82, 2.24) is 10.1 Å². The van der Waals surface area contributed by atoms with Crippen LogP contribution < -0.4 is 5.32 Å². The van der Waals surface area contributed by atoms with E-state index in [1.165, 1.54) is 6.07 Å². The Labute approximate surface area is 109 Å². The number of rotatable bonds is 5. The summed E-state index contributed by atoms with van der Waals surface area (Å²) in [5, 5.41) is 17.6. The molecule has 2 aromatic rings. The van der Waals surface area contributed by atoms with Gasteiger partial charge in [0, 0.05) is 30.3 Å². The Balaban J connectivity index is 2.00. The van der Waals surface area contributed by atoms with E-state index in [9.17, 15) is 10.1 Å². The van der Waals surface area contributed by atoms with Crippen LogP contribution in [0.4, 0.5) is 11.4 Å². The predicted molar refractivity (Wildman–Crippen MR) is 69.1 cm³/mol. The lowest BCUT2D eigenvalue weighted by Crippen LogP contribution is -2.07. The molecule has 7 nitrogen and oxygen atoms in total. The second-order valence-corrected chi connectivity index (χ2v) is 4.12. The fourth-order valence-electron chi connectivity index (χ4n) is 1.76. The zero-order chi connectivity index (χ0) is 13.8. The number of nitrogens with one attached hydrogen (secondary N) is 1. The Bertz CT molecular complexity index is 594. The molecule has 0 saturated heterocycles. The summed E-state index contributed by atoms with van der Waals surface area (Å²) < 4.78 is 4.99. The molecule has 0 radical (unpaired) electrons. The minimum absolute atomic E-state index is 0.110. The van der Waals surface area contributed by atoms with E-state index in [0.717, 1.165) is 5.69 Å². The number of aromatic nitrogens is 2. The molecule has 0 bridgehead atoms. The maximum absolute atomic E-state index is 10.8. The molecule has 0 spiro atoms. The quantitative estimate of drug-likeness (QED) is 0.656. The Morgan fingerprint density at radius 3 is 2.84 bits per heavy atom. The van der Waals surface area contributed by atoms with Gasteiger partial charge in [0.25, 0.3) is 5.69 Å². The maximum Gasteiger partial charge on any atom is 0.274 e. The summed E-state index contributed by atoms with van der Waals surface area (Å²) in [5.41, 5.74) is 1.47. The van der Waals surface area contributed by atoms with Crippen molar-refractivity contribution >= 4 is 11.4 Å². The normalized spacial score (nSPS) is 10.4. The van der Waals surface area contributed by atoms with Crippen molar-refractivity contribution in [3.8, 4) is 0 Å². The Kier molecular flexibility index (Phi) is 3.74. The number of benzene rings is 1. The third-order valence-corrected chi connectivity index (χ3v) is 2.73. The first-order valence-corrected chi connectivity index (χ1v) is 5.85. The zero-order valence-corrected chi connectivity index (χ0v) is 10.7. The van der Waals surface area contributed by atoms with Gasteiger partial charge in [0.05, 0.1) is 4.92 Å². The molecule has 1 aromatic heterocycles. The van der Waals surface area contributed by atoms with Crippen molar-refractivity contribution in [3.63, 3.8) is 0 Å². The summed E-state index contributed by atoms with van der Waals surface area (Å²) in [6, 6.07) is 4.95. The molecule has 100 valence electrons. The first kappa shape index (κ1) is 13.0. The minimum atomic E-state index is -0.387. The average molecular weight is 262 g/mol. The second kappa shape index (κ2) is 5.47. The largest absolute Gasteiger partial charge is 0.384 e. The van der Waals surface area contributed by atoms with Gasteiger partial charge in [0.15, 0.2) is 5.82 Å². The SMILES string of the molecule is Cc1noc(CCNc2cccc([N+](=O)[O-])c2C)n1. The molecule has 7 heteroatoms. The third kappa shape index (κ3) is 3.06. The van der Waals surface area contributed by atoms with Crippen molar-refractivity contribution in [2.24, 2.45) is 0 Å². The lowest BCUT2D eigenvalue weighted by atomic mass is 10.1. The van der Waals surface area contributed by atoms with Crippen LogP contribution in [0, 0.1) is 24.0 Å². The number of anilines is 1. The van der Waals surface area contributed by atoms with Crippen LogP contribution in [0.2, 0.25) is 0 Å².